The van der Waals surface area contributed by atoms with Gasteiger partial charge in [0.15, 0.2) is 11.6 Å². The number of halogens is 3. The van der Waals surface area contributed by atoms with E-state index in [9.17, 15) is 13.6 Å². The van der Waals surface area contributed by atoms with Gasteiger partial charge in [-0.25, -0.2) is 8.78 Å². The van der Waals surface area contributed by atoms with Crippen LogP contribution in [0.4, 0.5) is 14.5 Å². The molecule has 1 amide bonds. The summed E-state index contributed by atoms with van der Waals surface area (Å²) in [5.41, 5.74) is 0.169. The minimum atomic E-state index is -1.11. The lowest BCUT2D eigenvalue weighted by Gasteiger charge is -2.15. The van der Waals surface area contributed by atoms with Crippen molar-refractivity contribution in [2.24, 2.45) is 5.92 Å². The standard InChI is InChI=1S/C12H13ClF2N2O/c1-6-8(2-3-16-6)12(18)17-7-4-9(13)11(15)10(14)5-7/h4-6,8,16H,2-3H2,1H3,(H,17,18)/t6-,8-/m0/s1. The van der Waals surface area contributed by atoms with E-state index in [4.69, 9.17) is 11.6 Å². The summed E-state index contributed by atoms with van der Waals surface area (Å²) in [6, 6.07) is 2.20. The third-order valence-corrected chi connectivity index (χ3v) is 3.39. The van der Waals surface area contributed by atoms with Crippen molar-refractivity contribution < 1.29 is 13.6 Å². The van der Waals surface area contributed by atoms with Crippen molar-refractivity contribution in [3.63, 3.8) is 0 Å². The molecule has 0 aromatic heterocycles. The zero-order chi connectivity index (χ0) is 13.3. The normalized spacial score (nSPS) is 23.1. The van der Waals surface area contributed by atoms with E-state index >= 15 is 0 Å². The van der Waals surface area contributed by atoms with E-state index in [0.717, 1.165) is 19.0 Å². The fourth-order valence-electron chi connectivity index (χ4n) is 2.08. The summed E-state index contributed by atoms with van der Waals surface area (Å²) in [4.78, 5) is 11.9. The van der Waals surface area contributed by atoms with Gasteiger partial charge in [0, 0.05) is 17.8 Å². The van der Waals surface area contributed by atoms with Gasteiger partial charge < -0.3 is 10.6 Å². The van der Waals surface area contributed by atoms with Gasteiger partial charge in [-0.05, 0) is 26.0 Å². The Balaban J connectivity index is 2.12. The molecule has 1 aliphatic heterocycles. The highest BCUT2D eigenvalue weighted by molar-refractivity contribution is 6.31. The number of hydrogen-bond donors (Lipinski definition) is 2. The monoisotopic (exact) mass is 274 g/mol. The first-order valence-corrected chi connectivity index (χ1v) is 6.05. The summed E-state index contributed by atoms with van der Waals surface area (Å²) in [6.07, 6.45) is 0.727. The van der Waals surface area contributed by atoms with Crippen LogP contribution in [-0.4, -0.2) is 18.5 Å². The minimum absolute atomic E-state index is 0.0748. The van der Waals surface area contributed by atoms with Crippen molar-refractivity contribution in [2.45, 2.75) is 19.4 Å². The second kappa shape index (κ2) is 5.20. The molecule has 2 rings (SSSR count). The number of nitrogens with one attached hydrogen (secondary N) is 2. The first-order chi connectivity index (χ1) is 8.49. The number of carbonyl (C=O) groups excluding carboxylic acids is 1. The van der Waals surface area contributed by atoms with Crippen LogP contribution in [0.25, 0.3) is 0 Å². The van der Waals surface area contributed by atoms with Crippen LogP contribution < -0.4 is 10.6 Å². The zero-order valence-electron chi connectivity index (χ0n) is 9.77. The van der Waals surface area contributed by atoms with Gasteiger partial charge in [-0.2, -0.15) is 0 Å². The molecule has 1 aromatic carbocycles. The van der Waals surface area contributed by atoms with Crippen LogP contribution in [0.15, 0.2) is 12.1 Å². The summed E-state index contributed by atoms with van der Waals surface area (Å²) < 4.78 is 26.1. The Morgan fingerprint density at radius 1 is 1.50 bits per heavy atom. The second-order valence-corrected chi connectivity index (χ2v) is 4.79. The maximum atomic E-state index is 13.1. The van der Waals surface area contributed by atoms with Gasteiger partial charge in [0.1, 0.15) is 0 Å². The number of carbonyl (C=O) groups is 1. The molecule has 98 valence electrons. The lowest BCUT2D eigenvalue weighted by atomic mass is 10.0. The number of rotatable bonds is 2. The van der Waals surface area contributed by atoms with Gasteiger partial charge in [-0.1, -0.05) is 11.6 Å². The fourth-order valence-corrected chi connectivity index (χ4v) is 2.29. The maximum Gasteiger partial charge on any atom is 0.229 e. The number of hydrogen-bond acceptors (Lipinski definition) is 2. The fraction of sp³-hybridized carbons (Fsp3) is 0.417. The van der Waals surface area contributed by atoms with Crippen LogP contribution in [0.5, 0.6) is 0 Å². The smallest absolute Gasteiger partial charge is 0.229 e. The largest absolute Gasteiger partial charge is 0.326 e. The molecular formula is C12H13ClF2N2O. The molecule has 0 aliphatic carbocycles. The van der Waals surface area contributed by atoms with E-state index in [2.05, 4.69) is 10.6 Å². The lowest BCUT2D eigenvalue weighted by molar-refractivity contribution is -0.120. The quantitative estimate of drug-likeness (QED) is 0.814. The van der Waals surface area contributed by atoms with Crippen LogP contribution in [0.1, 0.15) is 13.3 Å². The molecule has 1 aliphatic rings. The first kappa shape index (κ1) is 13.2. The molecule has 0 saturated carbocycles. The molecular weight excluding hydrogens is 262 g/mol. The Hall–Kier alpha value is -1.20. The highest BCUT2D eigenvalue weighted by atomic mass is 35.5. The van der Waals surface area contributed by atoms with Crippen LogP contribution in [-0.2, 0) is 4.79 Å². The van der Waals surface area contributed by atoms with Gasteiger partial charge in [0.05, 0.1) is 10.9 Å². The summed E-state index contributed by atoms with van der Waals surface area (Å²) in [6.45, 7) is 2.69. The summed E-state index contributed by atoms with van der Waals surface area (Å²) in [5, 5.41) is 5.36. The van der Waals surface area contributed by atoms with Crippen molar-refractivity contribution in [2.75, 3.05) is 11.9 Å². The molecule has 0 unspecified atom stereocenters. The molecule has 2 atom stereocenters. The van der Waals surface area contributed by atoms with E-state index < -0.39 is 11.6 Å². The average Bonchev–Trinajstić information content (AvgIpc) is 2.72. The Bertz CT molecular complexity index is 458. The summed E-state index contributed by atoms with van der Waals surface area (Å²) in [7, 11) is 0. The summed E-state index contributed by atoms with van der Waals surface area (Å²) in [5.74, 6) is -2.56. The van der Waals surface area contributed by atoms with Crippen LogP contribution >= 0.6 is 11.6 Å². The van der Waals surface area contributed by atoms with Gasteiger partial charge in [-0.15, -0.1) is 0 Å². The molecule has 0 radical (unpaired) electrons. The van der Waals surface area contributed by atoms with E-state index in [1.54, 1.807) is 0 Å². The molecule has 1 aromatic rings. The van der Waals surface area contributed by atoms with E-state index in [1.165, 1.54) is 6.07 Å². The van der Waals surface area contributed by atoms with Gasteiger partial charge in [0.25, 0.3) is 0 Å². The summed E-state index contributed by atoms with van der Waals surface area (Å²) >= 11 is 5.51. The number of anilines is 1. The molecule has 0 bridgehead atoms. The predicted molar refractivity (Wildman–Crippen MR) is 65.6 cm³/mol. The van der Waals surface area contributed by atoms with E-state index in [-0.39, 0.29) is 28.6 Å². The number of amides is 1. The van der Waals surface area contributed by atoms with Gasteiger partial charge >= 0.3 is 0 Å². The second-order valence-electron chi connectivity index (χ2n) is 4.38. The van der Waals surface area contributed by atoms with Crippen molar-refractivity contribution >= 4 is 23.2 Å². The van der Waals surface area contributed by atoms with Crippen LogP contribution in [0.3, 0.4) is 0 Å². The lowest BCUT2D eigenvalue weighted by Crippen LogP contribution is -2.32. The Morgan fingerprint density at radius 2 is 2.22 bits per heavy atom. The molecule has 6 heteroatoms. The van der Waals surface area contributed by atoms with Crippen molar-refractivity contribution in [3.8, 4) is 0 Å². The zero-order valence-corrected chi connectivity index (χ0v) is 10.5. The SMILES string of the molecule is C[C@@H]1NCC[C@@H]1C(=O)Nc1cc(F)c(F)c(Cl)c1. The minimum Gasteiger partial charge on any atom is -0.326 e. The molecule has 2 N–H and O–H groups in total. The van der Waals surface area contributed by atoms with Crippen LogP contribution in [0, 0.1) is 17.6 Å². The molecule has 0 spiro atoms. The van der Waals surface area contributed by atoms with E-state index in [0.29, 0.717) is 0 Å². The van der Waals surface area contributed by atoms with Crippen LogP contribution in [0.2, 0.25) is 5.02 Å². The number of benzene rings is 1. The molecule has 3 nitrogen and oxygen atoms in total. The maximum absolute atomic E-state index is 13.1. The molecule has 18 heavy (non-hydrogen) atoms. The van der Waals surface area contributed by atoms with E-state index in [1.807, 2.05) is 6.92 Å². The molecule has 1 heterocycles. The third kappa shape index (κ3) is 2.62. The predicted octanol–water partition coefficient (Wildman–Crippen LogP) is 2.55. The molecule has 1 fully saturated rings. The first-order valence-electron chi connectivity index (χ1n) is 5.68. The Kier molecular flexibility index (Phi) is 3.82. The van der Waals surface area contributed by atoms with Crippen molar-refractivity contribution in [1.82, 2.24) is 5.32 Å². The van der Waals surface area contributed by atoms with Gasteiger partial charge in [-0.3, -0.25) is 4.79 Å². The van der Waals surface area contributed by atoms with Crippen molar-refractivity contribution in [3.05, 3.63) is 28.8 Å². The average molecular weight is 275 g/mol. The topological polar surface area (TPSA) is 41.1 Å². The Labute approximate surface area is 109 Å². The molecule has 1 saturated heterocycles. The highest BCUT2D eigenvalue weighted by Gasteiger charge is 2.29. The van der Waals surface area contributed by atoms with Gasteiger partial charge in [0.2, 0.25) is 5.91 Å². The Morgan fingerprint density at radius 3 is 2.78 bits per heavy atom. The highest BCUT2D eigenvalue weighted by Crippen LogP contribution is 2.24. The van der Waals surface area contributed by atoms with Crippen molar-refractivity contribution in [1.29, 1.82) is 0 Å². The third-order valence-electron chi connectivity index (χ3n) is 3.11.